The molecule has 0 atom stereocenters. The first-order valence-electron chi connectivity index (χ1n) is 5.21. The van der Waals surface area contributed by atoms with E-state index < -0.39 is 21.8 Å². The van der Waals surface area contributed by atoms with Gasteiger partial charge in [0.05, 0.1) is 11.3 Å². The van der Waals surface area contributed by atoms with Crippen LogP contribution in [0.3, 0.4) is 0 Å². The van der Waals surface area contributed by atoms with Crippen molar-refractivity contribution >= 4 is 21.9 Å². The molecule has 1 aromatic carbocycles. The average molecular weight is 272 g/mol. The summed E-state index contributed by atoms with van der Waals surface area (Å²) in [6.07, 6.45) is 0. The second-order valence-corrected chi connectivity index (χ2v) is 6.02. The summed E-state index contributed by atoms with van der Waals surface area (Å²) in [5, 5.41) is 4.84. The van der Waals surface area contributed by atoms with Gasteiger partial charge in [-0.1, -0.05) is 6.07 Å². The van der Waals surface area contributed by atoms with Crippen molar-refractivity contribution < 1.29 is 17.9 Å². The molecule has 0 aliphatic heterocycles. The highest BCUT2D eigenvalue weighted by molar-refractivity contribution is 7.90. The van der Waals surface area contributed by atoms with Gasteiger partial charge >= 0.3 is 5.97 Å². The number of hydrogen-bond donors (Lipinski definition) is 2. The number of carbonyl (C=O) groups excluding carboxylic acids is 1. The first kappa shape index (κ1) is 14.5. The van der Waals surface area contributed by atoms with Crippen LogP contribution in [0.1, 0.15) is 31.1 Å². The number of hydrogen-bond acceptors (Lipinski definition) is 4. The first-order valence-corrected chi connectivity index (χ1v) is 6.75. The number of nitrogens with two attached hydrogens (primary N) is 1. The molecule has 0 saturated carbocycles. The number of carbonyl (C=O) groups is 1. The van der Waals surface area contributed by atoms with Gasteiger partial charge in [-0.25, -0.2) is 9.93 Å². The highest BCUT2D eigenvalue weighted by atomic mass is 32.2. The van der Waals surface area contributed by atoms with Crippen molar-refractivity contribution in [1.82, 2.24) is 0 Å². The molecule has 0 spiro atoms. The van der Waals surface area contributed by atoms with Crippen molar-refractivity contribution in [2.24, 2.45) is 5.14 Å². The van der Waals surface area contributed by atoms with Gasteiger partial charge in [-0.3, -0.25) is 4.72 Å². The second-order valence-electron chi connectivity index (χ2n) is 4.73. The Bertz CT molecular complexity index is 546. The number of nitrogens with one attached hydrogen (secondary N) is 1. The molecule has 0 bridgehead atoms. The average Bonchev–Trinajstić information content (AvgIpc) is 2.12. The SMILES string of the molecule is CC(C)(C)OC(=O)c1cccc(NS(N)(=O)=O)c1. The lowest BCUT2D eigenvalue weighted by molar-refractivity contribution is 0.00695. The maximum atomic E-state index is 11.7. The van der Waals surface area contributed by atoms with Crippen LogP contribution in [0.25, 0.3) is 0 Å². The smallest absolute Gasteiger partial charge is 0.338 e. The first-order chi connectivity index (χ1) is 8.07. The van der Waals surface area contributed by atoms with Crippen LogP contribution in [-0.4, -0.2) is 20.0 Å². The van der Waals surface area contributed by atoms with Crippen LogP contribution in [0.4, 0.5) is 5.69 Å². The van der Waals surface area contributed by atoms with E-state index in [1.165, 1.54) is 24.3 Å². The molecule has 0 radical (unpaired) electrons. The third-order valence-corrected chi connectivity index (χ3v) is 2.28. The molecule has 1 aromatic rings. The Hall–Kier alpha value is -1.60. The summed E-state index contributed by atoms with van der Waals surface area (Å²) in [7, 11) is -3.86. The third-order valence-electron chi connectivity index (χ3n) is 1.76. The molecule has 0 unspecified atom stereocenters. The van der Waals surface area contributed by atoms with Crippen LogP contribution in [0.15, 0.2) is 24.3 Å². The van der Waals surface area contributed by atoms with Crippen molar-refractivity contribution in [3.8, 4) is 0 Å². The predicted molar refractivity (Wildman–Crippen MR) is 68.3 cm³/mol. The minimum atomic E-state index is -3.86. The van der Waals surface area contributed by atoms with E-state index in [-0.39, 0.29) is 11.3 Å². The Labute approximate surface area is 106 Å². The van der Waals surface area contributed by atoms with E-state index in [1.807, 2.05) is 0 Å². The molecule has 7 heteroatoms. The molecular formula is C11H16N2O4S. The predicted octanol–water partition coefficient (Wildman–Crippen LogP) is 1.26. The molecule has 0 aliphatic rings. The molecule has 0 aromatic heterocycles. The topological polar surface area (TPSA) is 98.5 Å². The molecular weight excluding hydrogens is 256 g/mol. The number of anilines is 1. The zero-order chi connectivity index (χ0) is 14.0. The van der Waals surface area contributed by atoms with Gasteiger partial charge < -0.3 is 4.74 Å². The summed E-state index contributed by atoms with van der Waals surface area (Å²) in [5.41, 5.74) is -0.153. The summed E-state index contributed by atoms with van der Waals surface area (Å²) >= 11 is 0. The van der Waals surface area contributed by atoms with Gasteiger partial charge in [-0.05, 0) is 39.0 Å². The lowest BCUT2D eigenvalue weighted by Gasteiger charge is -2.19. The Morgan fingerprint density at radius 2 is 1.94 bits per heavy atom. The number of esters is 1. The van der Waals surface area contributed by atoms with Crippen LogP contribution >= 0.6 is 0 Å². The Morgan fingerprint density at radius 1 is 1.33 bits per heavy atom. The summed E-state index contributed by atoms with van der Waals surface area (Å²) < 4.78 is 29.0. The quantitative estimate of drug-likeness (QED) is 0.809. The highest BCUT2D eigenvalue weighted by Gasteiger charge is 2.18. The molecule has 1 rings (SSSR count). The molecule has 0 fully saturated rings. The highest BCUT2D eigenvalue weighted by Crippen LogP contribution is 2.16. The molecule has 3 N–H and O–H groups in total. The van der Waals surface area contributed by atoms with Crippen molar-refractivity contribution in [3.63, 3.8) is 0 Å². The van der Waals surface area contributed by atoms with Crippen LogP contribution in [-0.2, 0) is 14.9 Å². The van der Waals surface area contributed by atoms with Gasteiger partial charge in [0.25, 0.3) is 10.2 Å². The maximum absolute atomic E-state index is 11.7. The lowest BCUT2D eigenvalue weighted by atomic mass is 10.1. The third kappa shape index (κ3) is 5.15. The van der Waals surface area contributed by atoms with Gasteiger partial charge in [-0.2, -0.15) is 8.42 Å². The van der Waals surface area contributed by atoms with Crippen molar-refractivity contribution in [2.45, 2.75) is 26.4 Å². The fourth-order valence-electron chi connectivity index (χ4n) is 1.21. The van der Waals surface area contributed by atoms with Gasteiger partial charge in [0.2, 0.25) is 0 Å². The van der Waals surface area contributed by atoms with E-state index in [4.69, 9.17) is 9.88 Å². The minimum Gasteiger partial charge on any atom is -0.456 e. The maximum Gasteiger partial charge on any atom is 0.338 e. The molecule has 6 nitrogen and oxygen atoms in total. The fraction of sp³-hybridized carbons (Fsp3) is 0.364. The molecule has 100 valence electrons. The Balaban J connectivity index is 2.92. The molecule has 0 aliphatic carbocycles. The standard InChI is InChI=1S/C11H16N2O4S/c1-11(2,3)17-10(14)8-5-4-6-9(7-8)13-18(12,15)16/h4-7,13H,1-3H3,(H2,12,15,16). The Morgan fingerprint density at radius 3 is 2.44 bits per heavy atom. The van der Waals surface area contributed by atoms with E-state index in [1.54, 1.807) is 20.8 Å². The summed E-state index contributed by atoms with van der Waals surface area (Å²) in [6, 6.07) is 5.91. The summed E-state index contributed by atoms with van der Waals surface area (Å²) in [4.78, 5) is 11.7. The summed E-state index contributed by atoms with van der Waals surface area (Å²) in [5.74, 6) is -0.527. The zero-order valence-corrected chi connectivity index (χ0v) is 11.2. The van der Waals surface area contributed by atoms with Gasteiger partial charge in [0.1, 0.15) is 5.60 Å². The number of rotatable bonds is 3. The van der Waals surface area contributed by atoms with E-state index in [0.29, 0.717) is 0 Å². The molecule has 0 amide bonds. The zero-order valence-electron chi connectivity index (χ0n) is 10.4. The normalized spacial score (nSPS) is 12.0. The van der Waals surface area contributed by atoms with Crippen LogP contribution in [0, 0.1) is 0 Å². The molecule has 18 heavy (non-hydrogen) atoms. The van der Waals surface area contributed by atoms with Gasteiger partial charge in [0.15, 0.2) is 0 Å². The van der Waals surface area contributed by atoms with E-state index >= 15 is 0 Å². The van der Waals surface area contributed by atoms with Crippen molar-refractivity contribution in [3.05, 3.63) is 29.8 Å². The van der Waals surface area contributed by atoms with E-state index in [0.717, 1.165) is 0 Å². The number of benzene rings is 1. The second kappa shape index (κ2) is 4.95. The van der Waals surface area contributed by atoms with Crippen LogP contribution in [0.5, 0.6) is 0 Å². The minimum absolute atomic E-state index is 0.209. The van der Waals surface area contributed by atoms with Crippen LogP contribution < -0.4 is 9.86 Å². The Kier molecular flexibility index (Phi) is 3.98. The molecule has 0 saturated heterocycles. The van der Waals surface area contributed by atoms with Gasteiger partial charge in [0, 0.05) is 0 Å². The van der Waals surface area contributed by atoms with E-state index in [9.17, 15) is 13.2 Å². The molecule has 0 heterocycles. The fourth-order valence-corrected chi connectivity index (χ4v) is 1.67. The van der Waals surface area contributed by atoms with Crippen molar-refractivity contribution in [1.29, 1.82) is 0 Å². The largest absolute Gasteiger partial charge is 0.456 e. The monoisotopic (exact) mass is 272 g/mol. The number of ether oxygens (including phenoxy) is 1. The summed E-state index contributed by atoms with van der Waals surface area (Å²) in [6.45, 7) is 5.24. The van der Waals surface area contributed by atoms with Crippen molar-refractivity contribution in [2.75, 3.05) is 4.72 Å². The van der Waals surface area contributed by atoms with E-state index in [2.05, 4.69) is 4.72 Å². The lowest BCUT2D eigenvalue weighted by Crippen LogP contribution is -2.24. The van der Waals surface area contributed by atoms with Crippen LogP contribution in [0.2, 0.25) is 0 Å². The van der Waals surface area contributed by atoms with Gasteiger partial charge in [-0.15, -0.1) is 0 Å².